The van der Waals surface area contributed by atoms with Gasteiger partial charge in [-0.25, -0.2) is 9.37 Å². The van der Waals surface area contributed by atoms with E-state index in [0.29, 0.717) is 16.9 Å². The van der Waals surface area contributed by atoms with Gasteiger partial charge in [-0.2, -0.15) is 0 Å². The molecule has 3 N–H and O–H groups in total. The van der Waals surface area contributed by atoms with Crippen molar-refractivity contribution >= 4 is 22.9 Å². The molecule has 0 saturated carbocycles. The lowest BCUT2D eigenvalue weighted by molar-refractivity contribution is -0.138. The van der Waals surface area contributed by atoms with Crippen molar-refractivity contribution in [2.75, 3.05) is 0 Å². The lowest BCUT2D eigenvalue weighted by atomic mass is 10.3. The Hall–Kier alpha value is -2.44. The van der Waals surface area contributed by atoms with Crippen LogP contribution in [0.4, 0.5) is 4.39 Å². The molecule has 0 spiro atoms. The molecule has 0 atom stereocenters. The maximum Gasteiger partial charge on any atom is 0.303 e. The van der Waals surface area contributed by atoms with Gasteiger partial charge in [0.15, 0.2) is 0 Å². The highest BCUT2D eigenvalue weighted by Gasteiger charge is 2.07. The van der Waals surface area contributed by atoms with Crippen molar-refractivity contribution in [1.29, 1.82) is 0 Å². The van der Waals surface area contributed by atoms with Crippen molar-refractivity contribution in [3.63, 3.8) is 0 Å². The van der Waals surface area contributed by atoms with Gasteiger partial charge >= 0.3 is 5.97 Å². The predicted octanol–water partition coefficient (Wildman–Crippen LogP) is 1.18. The molecule has 1 aromatic carbocycles. The molecule has 1 aromatic heterocycles. The maximum atomic E-state index is 13.0. The number of aliphatic carboxylic acids is 1. The Labute approximate surface area is 107 Å². The Morgan fingerprint density at radius 2 is 2.16 bits per heavy atom. The number of halogens is 1. The van der Waals surface area contributed by atoms with Crippen molar-refractivity contribution < 1.29 is 19.1 Å². The molecule has 7 heteroatoms. The van der Waals surface area contributed by atoms with Crippen LogP contribution in [0.2, 0.25) is 0 Å². The number of nitrogens with zero attached hydrogens (tertiary/aromatic N) is 1. The lowest BCUT2D eigenvalue weighted by Gasteiger charge is -2.00. The highest BCUT2D eigenvalue weighted by atomic mass is 19.1. The second kappa shape index (κ2) is 5.47. The van der Waals surface area contributed by atoms with E-state index < -0.39 is 5.97 Å². The zero-order chi connectivity index (χ0) is 13.8. The van der Waals surface area contributed by atoms with E-state index in [9.17, 15) is 14.0 Å². The number of hydrogen-bond donors (Lipinski definition) is 3. The lowest BCUT2D eigenvalue weighted by Crippen LogP contribution is -2.23. The van der Waals surface area contributed by atoms with Crippen molar-refractivity contribution in [2.45, 2.75) is 19.4 Å². The van der Waals surface area contributed by atoms with E-state index in [-0.39, 0.29) is 31.1 Å². The van der Waals surface area contributed by atoms with Crippen LogP contribution in [0.15, 0.2) is 18.2 Å². The van der Waals surface area contributed by atoms with Gasteiger partial charge in [-0.3, -0.25) is 9.59 Å². The summed E-state index contributed by atoms with van der Waals surface area (Å²) in [7, 11) is 0. The number of benzene rings is 1. The summed E-state index contributed by atoms with van der Waals surface area (Å²) >= 11 is 0. The van der Waals surface area contributed by atoms with Crippen LogP contribution in [0.25, 0.3) is 11.0 Å². The Bertz CT molecular complexity index is 624. The van der Waals surface area contributed by atoms with Crippen LogP contribution in [0.1, 0.15) is 18.7 Å². The number of carbonyl (C=O) groups excluding carboxylic acids is 1. The first-order valence-electron chi connectivity index (χ1n) is 5.67. The van der Waals surface area contributed by atoms with Crippen molar-refractivity contribution in [2.24, 2.45) is 0 Å². The summed E-state index contributed by atoms with van der Waals surface area (Å²) in [6.45, 7) is 0.148. The number of carbonyl (C=O) groups is 2. The SMILES string of the molecule is O=C(O)CCC(=O)NCc1nc2ccc(F)cc2[nH]1. The highest BCUT2D eigenvalue weighted by molar-refractivity contribution is 5.80. The minimum absolute atomic E-state index is 0.0792. The van der Waals surface area contributed by atoms with Gasteiger partial charge in [0.25, 0.3) is 0 Å². The number of aromatic amines is 1. The Kier molecular flexibility index (Phi) is 3.74. The molecule has 0 unspecified atom stereocenters. The molecule has 6 nitrogen and oxygen atoms in total. The van der Waals surface area contributed by atoms with E-state index in [1.807, 2.05) is 0 Å². The maximum absolute atomic E-state index is 13.0. The molecule has 0 bridgehead atoms. The zero-order valence-electron chi connectivity index (χ0n) is 9.94. The number of fused-ring (bicyclic) bond motifs is 1. The van der Waals surface area contributed by atoms with E-state index in [0.717, 1.165) is 0 Å². The van der Waals surface area contributed by atoms with Crippen molar-refractivity contribution in [1.82, 2.24) is 15.3 Å². The molecule has 1 heterocycles. The number of nitrogens with one attached hydrogen (secondary N) is 2. The zero-order valence-corrected chi connectivity index (χ0v) is 9.94. The van der Waals surface area contributed by atoms with Crippen LogP contribution < -0.4 is 5.32 Å². The van der Waals surface area contributed by atoms with Gasteiger partial charge in [0.05, 0.1) is 24.0 Å². The number of imidazole rings is 1. The molecule has 0 saturated heterocycles. The minimum atomic E-state index is -1.02. The van der Waals surface area contributed by atoms with Crippen molar-refractivity contribution in [3.05, 3.63) is 29.8 Å². The topological polar surface area (TPSA) is 95.1 Å². The van der Waals surface area contributed by atoms with Crippen LogP contribution in [-0.4, -0.2) is 27.0 Å². The fourth-order valence-electron chi connectivity index (χ4n) is 1.61. The number of carboxylic acid groups (broad SMARTS) is 1. The van der Waals surface area contributed by atoms with Crippen LogP contribution >= 0.6 is 0 Å². The number of hydrogen-bond acceptors (Lipinski definition) is 3. The van der Waals surface area contributed by atoms with Gasteiger partial charge < -0.3 is 15.4 Å². The van der Waals surface area contributed by atoms with Gasteiger partial charge in [-0.1, -0.05) is 0 Å². The number of amides is 1. The molecule has 1 amide bonds. The average Bonchev–Trinajstić information content (AvgIpc) is 2.75. The molecule has 0 radical (unpaired) electrons. The fraction of sp³-hybridized carbons (Fsp3) is 0.250. The molecule has 0 aliphatic heterocycles. The largest absolute Gasteiger partial charge is 0.481 e. The van der Waals surface area contributed by atoms with E-state index in [4.69, 9.17) is 5.11 Å². The molecule has 2 rings (SSSR count). The Balaban J connectivity index is 1.94. The van der Waals surface area contributed by atoms with Crippen LogP contribution in [-0.2, 0) is 16.1 Å². The van der Waals surface area contributed by atoms with E-state index >= 15 is 0 Å². The second-order valence-corrected chi connectivity index (χ2v) is 4.02. The first-order chi connectivity index (χ1) is 9.04. The first kappa shape index (κ1) is 13.0. The quantitative estimate of drug-likeness (QED) is 0.756. The summed E-state index contributed by atoms with van der Waals surface area (Å²) in [6, 6.07) is 4.16. The molecular formula is C12H12FN3O3. The number of rotatable bonds is 5. The summed E-state index contributed by atoms with van der Waals surface area (Å²) in [6.07, 6.45) is -0.290. The molecule has 100 valence electrons. The highest BCUT2D eigenvalue weighted by Crippen LogP contribution is 2.12. The summed E-state index contributed by atoms with van der Waals surface area (Å²) in [5, 5.41) is 11.0. The van der Waals surface area contributed by atoms with Crippen LogP contribution in [0.5, 0.6) is 0 Å². The normalized spacial score (nSPS) is 10.6. The fourth-order valence-corrected chi connectivity index (χ4v) is 1.61. The summed E-state index contributed by atoms with van der Waals surface area (Å²) in [4.78, 5) is 28.6. The first-order valence-corrected chi connectivity index (χ1v) is 5.67. The predicted molar refractivity (Wildman–Crippen MR) is 64.8 cm³/mol. The minimum Gasteiger partial charge on any atom is -0.481 e. The van der Waals surface area contributed by atoms with E-state index in [2.05, 4.69) is 15.3 Å². The van der Waals surface area contributed by atoms with E-state index in [1.54, 1.807) is 0 Å². The third-order valence-corrected chi connectivity index (χ3v) is 2.51. The smallest absolute Gasteiger partial charge is 0.303 e. The number of H-pyrrole nitrogens is 1. The molecule has 19 heavy (non-hydrogen) atoms. The van der Waals surface area contributed by atoms with Crippen molar-refractivity contribution in [3.8, 4) is 0 Å². The Morgan fingerprint density at radius 3 is 2.89 bits per heavy atom. The van der Waals surface area contributed by atoms with Crippen LogP contribution in [0.3, 0.4) is 0 Å². The summed E-state index contributed by atoms with van der Waals surface area (Å²) in [5.41, 5.74) is 1.16. The van der Waals surface area contributed by atoms with Gasteiger partial charge in [0, 0.05) is 6.42 Å². The summed E-state index contributed by atoms with van der Waals surface area (Å²) in [5.74, 6) is -1.26. The van der Waals surface area contributed by atoms with Gasteiger partial charge in [-0.05, 0) is 18.2 Å². The molecule has 2 aromatic rings. The molecule has 0 fully saturated rings. The second-order valence-electron chi connectivity index (χ2n) is 4.02. The Morgan fingerprint density at radius 1 is 1.37 bits per heavy atom. The van der Waals surface area contributed by atoms with Gasteiger partial charge in [0.1, 0.15) is 11.6 Å². The number of carboxylic acids is 1. The van der Waals surface area contributed by atoms with Gasteiger partial charge in [-0.15, -0.1) is 0 Å². The molecule has 0 aliphatic rings. The monoisotopic (exact) mass is 265 g/mol. The average molecular weight is 265 g/mol. The summed E-state index contributed by atoms with van der Waals surface area (Å²) < 4.78 is 13.0. The molecular weight excluding hydrogens is 253 g/mol. The third-order valence-electron chi connectivity index (χ3n) is 2.51. The van der Waals surface area contributed by atoms with Gasteiger partial charge in [0.2, 0.25) is 5.91 Å². The third kappa shape index (κ3) is 3.51. The standard InChI is InChI=1S/C12H12FN3O3/c13-7-1-2-8-9(5-7)16-10(15-8)6-14-11(17)3-4-12(18)19/h1-2,5H,3-4,6H2,(H,14,17)(H,15,16)(H,18,19). The number of aromatic nitrogens is 2. The molecule has 0 aliphatic carbocycles. The van der Waals surface area contributed by atoms with E-state index in [1.165, 1.54) is 18.2 Å². The van der Waals surface area contributed by atoms with Crippen LogP contribution in [0, 0.1) is 5.82 Å².